The van der Waals surface area contributed by atoms with Crippen LogP contribution in [0.5, 0.6) is 5.75 Å². The van der Waals surface area contributed by atoms with Crippen LogP contribution in [-0.4, -0.2) is 7.11 Å². The Bertz CT molecular complexity index is 581. The molecule has 0 saturated carbocycles. The van der Waals surface area contributed by atoms with E-state index in [1.165, 1.54) is 26.2 Å². The van der Waals surface area contributed by atoms with Crippen molar-refractivity contribution in [2.75, 3.05) is 7.11 Å². The molecule has 0 bridgehead atoms. The summed E-state index contributed by atoms with van der Waals surface area (Å²) in [6.07, 6.45) is 2.33. The van der Waals surface area contributed by atoms with Crippen molar-refractivity contribution in [2.24, 2.45) is 0 Å². The lowest BCUT2D eigenvalue weighted by Gasteiger charge is -2.14. The summed E-state index contributed by atoms with van der Waals surface area (Å²) in [6, 6.07) is 11.1. The molecule has 0 spiro atoms. The zero-order chi connectivity index (χ0) is 13.2. The zero-order valence-electron chi connectivity index (χ0n) is 10.8. The van der Waals surface area contributed by atoms with E-state index in [1.54, 1.807) is 18.4 Å². The van der Waals surface area contributed by atoms with Crippen molar-refractivity contribution < 1.29 is 4.74 Å². The van der Waals surface area contributed by atoms with Gasteiger partial charge in [0, 0.05) is 17.5 Å². The normalized spacial score (nSPS) is 17.5. The first-order chi connectivity index (χ1) is 9.26. The van der Waals surface area contributed by atoms with E-state index in [-0.39, 0.29) is 0 Å². The molecule has 19 heavy (non-hydrogen) atoms. The SMILES string of the molecule is COc1ccc2c(c1)C(NCc1ccc(Br)s1)CC2. The van der Waals surface area contributed by atoms with Gasteiger partial charge in [-0.25, -0.2) is 0 Å². The van der Waals surface area contributed by atoms with Crippen molar-refractivity contribution in [3.05, 3.63) is 50.1 Å². The van der Waals surface area contributed by atoms with Crippen LogP contribution in [0.15, 0.2) is 34.1 Å². The molecule has 1 heterocycles. The summed E-state index contributed by atoms with van der Waals surface area (Å²) < 4.78 is 6.51. The third-order valence-electron chi connectivity index (χ3n) is 3.58. The predicted octanol–water partition coefficient (Wildman–Crippen LogP) is 4.30. The van der Waals surface area contributed by atoms with Crippen LogP contribution >= 0.6 is 27.3 Å². The molecule has 2 nitrogen and oxygen atoms in total. The number of benzene rings is 1. The van der Waals surface area contributed by atoms with E-state index in [2.05, 4.69) is 51.6 Å². The molecule has 3 rings (SSSR count). The van der Waals surface area contributed by atoms with Gasteiger partial charge < -0.3 is 10.1 Å². The molecule has 1 aromatic carbocycles. The number of halogens is 1. The summed E-state index contributed by atoms with van der Waals surface area (Å²) >= 11 is 5.29. The topological polar surface area (TPSA) is 21.3 Å². The number of fused-ring (bicyclic) bond motifs is 1. The van der Waals surface area contributed by atoms with Crippen molar-refractivity contribution in [3.8, 4) is 5.75 Å². The van der Waals surface area contributed by atoms with Gasteiger partial charge in [0.25, 0.3) is 0 Å². The molecule has 0 saturated heterocycles. The molecule has 4 heteroatoms. The lowest BCUT2D eigenvalue weighted by Crippen LogP contribution is -2.18. The van der Waals surface area contributed by atoms with Crippen molar-refractivity contribution in [3.63, 3.8) is 0 Å². The monoisotopic (exact) mass is 337 g/mol. The number of thiophene rings is 1. The van der Waals surface area contributed by atoms with Crippen molar-refractivity contribution in [1.29, 1.82) is 0 Å². The van der Waals surface area contributed by atoms with Crippen molar-refractivity contribution in [2.45, 2.75) is 25.4 Å². The molecule has 0 amide bonds. The molecule has 1 N–H and O–H groups in total. The zero-order valence-corrected chi connectivity index (χ0v) is 13.2. The maximum atomic E-state index is 5.32. The minimum absolute atomic E-state index is 0.450. The Hall–Kier alpha value is -0.840. The average Bonchev–Trinajstić information content (AvgIpc) is 3.02. The van der Waals surface area contributed by atoms with Gasteiger partial charge in [0.1, 0.15) is 5.75 Å². The number of methoxy groups -OCH3 is 1. The van der Waals surface area contributed by atoms with Crippen LogP contribution in [0.2, 0.25) is 0 Å². The second-order valence-electron chi connectivity index (χ2n) is 4.74. The van der Waals surface area contributed by atoms with Gasteiger partial charge in [-0.1, -0.05) is 6.07 Å². The number of hydrogen-bond acceptors (Lipinski definition) is 3. The number of hydrogen-bond donors (Lipinski definition) is 1. The maximum absolute atomic E-state index is 5.32. The van der Waals surface area contributed by atoms with Crippen LogP contribution < -0.4 is 10.1 Å². The van der Waals surface area contributed by atoms with Crippen LogP contribution in [-0.2, 0) is 13.0 Å². The number of ether oxygens (including phenoxy) is 1. The Labute approximate surface area is 125 Å². The van der Waals surface area contributed by atoms with E-state index < -0.39 is 0 Å². The fraction of sp³-hybridized carbons (Fsp3) is 0.333. The number of nitrogens with one attached hydrogen (secondary N) is 1. The molecule has 1 aliphatic carbocycles. The smallest absolute Gasteiger partial charge is 0.119 e. The Morgan fingerprint density at radius 3 is 3.00 bits per heavy atom. The highest BCUT2D eigenvalue weighted by Crippen LogP contribution is 2.34. The Balaban J connectivity index is 1.71. The second kappa shape index (κ2) is 5.65. The van der Waals surface area contributed by atoms with Crippen LogP contribution in [0.25, 0.3) is 0 Å². The highest BCUT2D eigenvalue weighted by Gasteiger charge is 2.22. The van der Waals surface area contributed by atoms with E-state index in [0.717, 1.165) is 18.7 Å². The van der Waals surface area contributed by atoms with Crippen LogP contribution in [0.3, 0.4) is 0 Å². The van der Waals surface area contributed by atoms with E-state index in [4.69, 9.17) is 4.74 Å². The fourth-order valence-corrected chi connectivity index (χ4v) is 4.02. The van der Waals surface area contributed by atoms with Gasteiger partial charge in [-0.2, -0.15) is 0 Å². The molecular formula is C15H16BrNOS. The van der Waals surface area contributed by atoms with Gasteiger partial charge in [0.2, 0.25) is 0 Å². The van der Waals surface area contributed by atoms with Crippen molar-refractivity contribution >= 4 is 27.3 Å². The van der Waals surface area contributed by atoms with Gasteiger partial charge in [-0.15, -0.1) is 11.3 Å². The van der Waals surface area contributed by atoms with Gasteiger partial charge in [0.15, 0.2) is 0 Å². The fourth-order valence-electron chi connectivity index (χ4n) is 2.59. The average molecular weight is 338 g/mol. The Morgan fingerprint density at radius 1 is 1.37 bits per heavy atom. The van der Waals surface area contributed by atoms with E-state index in [1.807, 2.05) is 0 Å². The minimum atomic E-state index is 0.450. The van der Waals surface area contributed by atoms with Gasteiger partial charge in [-0.05, 0) is 64.2 Å². The predicted molar refractivity (Wildman–Crippen MR) is 82.9 cm³/mol. The maximum Gasteiger partial charge on any atom is 0.119 e. The van der Waals surface area contributed by atoms with Crippen molar-refractivity contribution in [1.82, 2.24) is 5.32 Å². The van der Waals surface area contributed by atoms with Gasteiger partial charge in [0.05, 0.1) is 10.9 Å². The summed E-state index contributed by atoms with van der Waals surface area (Å²) in [5.74, 6) is 0.950. The van der Waals surface area contributed by atoms with E-state index >= 15 is 0 Å². The molecule has 0 radical (unpaired) electrons. The summed E-state index contributed by atoms with van der Waals surface area (Å²) in [5.41, 5.74) is 2.85. The highest BCUT2D eigenvalue weighted by molar-refractivity contribution is 9.11. The van der Waals surface area contributed by atoms with Crippen LogP contribution in [0.4, 0.5) is 0 Å². The number of rotatable bonds is 4. The quantitative estimate of drug-likeness (QED) is 0.898. The van der Waals surface area contributed by atoms with Crippen LogP contribution in [0.1, 0.15) is 28.5 Å². The molecule has 0 fully saturated rings. The summed E-state index contributed by atoms with van der Waals surface area (Å²) in [4.78, 5) is 1.36. The summed E-state index contributed by atoms with van der Waals surface area (Å²) in [6.45, 7) is 0.928. The molecule has 100 valence electrons. The molecule has 1 atom stereocenters. The lowest BCUT2D eigenvalue weighted by atomic mass is 10.1. The molecule has 0 aliphatic heterocycles. The Kier molecular flexibility index (Phi) is 3.91. The first-order valence-corrected chi connectivity index (χ1v) is 8.01. The third kappa shape index (κ3) is 2.86. The standard InChI is InChI=1S/C15H16BrNOS/c1-18-11-4-2-10-3-6-14(13(10)8-11)17-9-12-5-7-15(16)19-12/h2,4-5,7-8,14,17H,3,6,9H2,1H3. The number of aryl methyl sites for hydroxylation is 1. The minimum Gasteiger partial charge on any atom is -0.497 e. The lowest BCUT2D eigenvalue weighted by molar-refractivity contribution is 0.413. The van der Waals surface area contributed by atoms with Gasteiger partial charge in [-0.3, -0.25) is 0 Å². The highest BCUT2D eigenvalue weighted by atomic mass is 79.9. The largest absolute Gasteiger partial charge is 0.497 e. The van der Waals surface area contributed by atoms with Crippen LogP contribution in [0, 0.1) is 0 Å². The molecule has 2 aromatic rings. The summed E-state index contributed by atoms with van der Waals surface area (Å²) in [5, 5.41) is 3.65. The van der Waals surface area contributed by atoms with Gasteiger partial charge >= 0.3 is 0 Å². The first-order valence-electron chi connectivity index (χ1n) is 6.40. The summed E-state index contributed by atoms with van der Waals surface area (Å²) in [7, 11) is 1.72. The molecule has 1 aliphatic rings. The molecular weight excluding hydrogens is 322 g/mol. The van der Waals surface area contributed by atoms with E-state index in [9.17, 15) is 0 Å². The third-order valence-corrected chi connectivity index (χ3v) is 5.21. The Morgan fingerprint density at radius 2 is 2.26 bits per heavy atom. The second-order valence-corrected chi connectivity index (χ2v) is 7.29. The molecule has 1 unspecified atom stereocenters. The molecule has 1 aromatic heterocycles. The van der Waals surface area contributed by atoms with E-state index in [0.29, 0.717) is 6.04 Å². The first kappa shape index (κ1) is 13.2.